The Bertz CT molecular complexity index is 944. The van der Waals surface area contributed by atoms with E-state index in [1.165, 1.54) is 0 Å². The highest BCUT2D eigenvalue weighted by Crippen LogP contribution is 2.32. The monoisotopic (exact) mass is 491 g/mol. The van der Waals surface area contributed by atoms with E-state index in [2.05, 4.69) is 68.0 Å². The Morgan fingerprint density at radius 1 is 0.963 bits per heavy atom. The minimum atomic E-state index is 0.132. The predicted molar refractivity (Wildman–Crippen MR) is 114 cm³/mol. The Kier molecular flexibility index (Phi) is 6.20. The average molecular weight is 493 g/mol. The van der Waals surface area contributed by atoms with Gasteiger partial charge < -0.3 is 15.7 Å². The summed E-state index contributed by atoms with van der Waals surface area (Å²) < 4.78 is 1.12. The van der Waals surface area contributed by atoms with Gasteiger partial charge in [0.25, 0.3) is 0 Å². The Balaban J connectivity index is 1.77. The molecule has 0 aliphatic heterocycles. The van der Waals surface area contributed by atoms with Crippen molar-refractivity contribution in [3.8, 4) is 5.75 Å². The second kappa shape index (κ2) is 8.78. The minimum absolute atomic E-state index is 0.132. The molecular formula is C17H15Br2N7O. The standard InChI is InChI=1S/C17H15Br2N7O/c1-20-15-23-16(22-11-5-3-2-4-6-11)25-17(24-15)26-21-9-10-7-12(18)14(27)13(19)8-10/h2-9,27H,1H3,(H3,20,22,23,24,25,26)/b21-9+. The molecule has 0 amide bonds. The molecule has 4 N–H and O–H groups in total. The van der Waals surface area contributed by atoms with Crippen molar-refractivity contribution in [1.29, 1.82) is 0 Å². The van der Waals surface area contributed by atoms with Gasteiger partial charge in [0, 0.05) is 12.7 Å². The van der Waals surface area contributed by atoms with Crippen LogP contribution in [0, 0.1) is 0 Å². The number of nitrogens with one attached hydrogen (secondary N) is 3. The second-order valence-electron chi connectivity index (χ2n) is 5.25. The summed E-state index contributed by atoms with van der Waals surface area (Å²) in [7, 11) is 1.72. The zero-order valence-electron chi connectivity index (χ0n) is 14.1. The van der Waals surface area contributed by atoms with Gasteiger partial charge in [0.15, 0.2) is 0 Å². The van der Waals surface area contributed by atoms with Gasteiger partial charge in [-0.25, -0.2) is 5.43 Å². The lowest BCUT2D eigenvalue weighted by Gasteiger charge is -2.08. The highest BCUT2D eigenvalue weighted by molar-refractivity contribution is 9.11. The fourth-order valence-corrected chi connectivity index (χ4v) is 3.29. The number of para-hydroxylation sites is 1. The quantitative estimate of drug-likeness (QED) is 0.299. The van der Waals surface area contributed by atoms with E-state index in [0.717, 1.165) is 11.3 Å². The third kappa shape index (κ3) is 5.14. The number of nitrogens with zero attached hydrogens (tertiary/aromatic N) is 4. The average Bonchev–Trinajstić information content (AvgIpc) is 2.66. The largest absolute Gasteiger partial charge is 0.506 e. The number of phenols is 1. The third-order valence-corrected chi connectivity index (χ3v) is 4.52. The van der Waals surface area contributed by atoms with E-state index >= 15 is 0 Å². The lowest BCUT2D eigenvalue weighted by Crippen LogP contribution is -2.07. The SMILES string of the molecule is CNc1nc(N/N=C/c2cc(Br)c(O)c(Br)c2)nc(Nc2ccccc2)n1. The summed E-state index contributed by atoms with van der Waals surface area (Å²) in [4.78, 5) is 12.8. The van der Waals surface area contributed by atoms with Crippen LogP contribution < -0.4 is 16.1 Å². The number of anilines is 4. The fourth-order valence-electron chi connectivity index (χ4n) is 2.07. The summed E-state index contributed by atoms with van der Waals surface area (Å²) in [5.41, 5.74) is 4.41. The van der Waals surface area contributed by atoms with Gasteiger partial charge in [0.05, 0.1) is 15.2 Å². The predicted octanol–water partition coefficient (Wildman–Crippen LogP) is 4.33. The van der Waals surface area contributed by atoms with E-state index in [4.69, 9.17) is 0 Å². The topological polar surface area (TPSA) is 107 Å². The van der Waals surface area contributed by atoms with Crippen LogP contribution in [0.3, 0.4) is 0 Å². The number of aromatic nitrogens is 3. The molecule has 1 heterocycles. The lowest BCUT2D eigenvalue weighted by molar-refractivity contribution is 0.468. The smallest absolute Gasteiger partial charge is 0.250 e. The molecule has 0 saturated heterocycles. The van der Waals surface area contributed by atoms with Crippen molar-refractivity contribution in [2.24, 2.45) is 5.10 Å². The molecule has 2 aromatic carbocycles. The Morgan fingerprint density at radius 3 is 2.26 bits per heavy atom. The number of hydrogen-bond acceptors (Lipinski definition) is 8. The van der Waals surface area contributed by atoms with Crippen LogP contribution in [0.25, 0.3) is 0 Å². The first-order chi connectivity index (χ1) is 13.0. The first-order valence-corrected chi connectivity index (χ1v) is 9.37. The summed E-state index contributed by atoms with van der Waals surface area (Å²) in [6.45, 7) is 0. The number of rotatable bonds is 6. The van der Waals surface area contributed by atoms with Gasteiger partial charge >= 0.3 is 0 Å². The van der Waals surface area contributed by atoms with E-state index in [1.807, 2.05) is 30.3 Å². The molecule has 1 aromatic heterocycles. The molecule has 0 bridgehead atoms. The van der Waals surface area contributed by atoms with Crippen LogP contribution in [0.15, 0.2) is 56.5 Å². The highest BCUT2D eigenvalue weighted by Gasteiger charge is 2.06. The van der Waals surface area contributed by atoms with Crippen molar-refractivity contribution in [3.05, 3.63) is 57.0 Å². The summed E-state index contributed by atoms with van der Waals surface area (Å²) in [5, 5.41) is 19.9. The van der Waals surface area contributed by atoms with Crippen molar-refractivity contribution < 1.29 is 5.11 Å². The van der Waals surface area contributed by atoms with Crippen molar-refractivity contribution in [1.82, 2.24) is 15.0 Å². The molecule has 0 atom stereocenters. The highest BCUT2D eigenvalue weighted by atomic mass is 79.9. The first kappa shape index (κ1) is 19.1. The van der Waals surface area contributed by atoms with E-state index in [-0.39, 0.29) is 11.7 Å². The van der Waals surface area contributed by atoms with E-state index in [0.29, 0.717) is 20.8 Å². The number of aromatic hydroxyl groups is 1. The molecule has 0 spiro atoms. The van der Waals surface area contributed by atoms with Crippen LogP contribution in [0.1, 0.15) is 5.56 Å². The maximum atomic E-state index is 9.75. The first-order valence-electron chi connectivity index (χ1n) is 7.78. The van der Waals surface area contributed by atoms with E-state index in [1.54, 1.807) is 25.4 Å². The van der Waals surface area contributed by atoms with Gasteiger partial charge in [-0.3, -0.25) is 0 Å². The van der Waals surface area contributed by atoms with Crippen molar-refractivity contribution in [3.63, 3.8) is 0 Å². The van der Waals surface area contributed by atoms with Crippen molar-refractivity contribution >= 4 is 61.6 Å². The van der Waals surface area contributed by atoms with Crippen molar-refractivity contribution in [2.45, 2.75) is 0 Å². The molecule has 0 radical (unpaired) electrons. The van der Waals surface area contributed by atoms with Crippen LogP contribution in [0.5, 0.6) is 5.75 Å². The molecule has 0 aliphatic carbocycles. The third-order valence-electron chi connectivity index (χ3n) is 3.31. The number of halogens is 2. The Morgan fingerprint density at radius 2 is 1.59 bits per heavy atom. The van der Waals surface area contributed by atoms with Crippen LogP contribution in [0.4, 0.5) is 23.5 Å². The number of hydrogen-bond donors (Lipinski definition) is 4. The minimum Gasteiger partial charge on any atom is -0.506 e. The summed E-state index contributed by atoms with van der Waals surface area (Å²) >= 11 is 6.56. The van der Waals surface area contributed by atoms with E-state index < -0.39 is 0 Å². The molecule has 27 heavy (non-hydrogen) atoms. The molecule has 8 nitrogen and oxygen atoms in total. The number of phenolic OH excluding ortho intramolecular Hbond substituents is 1. The van der Waals surface area contributed by atoms with E-state index in [9.17, 15) is 5.11 Å². The number of hydrazone groups is 1. The molecule has 10 heteroatoms. The maximum absolute atomic E-state index is 9.75. The van der Waals surface area contributed by atoms with Crippen LogP contribution in [-0.4, -0.2) is 33.3 Å². The van der Waals surface area contributed by atoms with Crippen LogP contribution in [0.2, 0.25) is 0 Å². The van der Waals surface area contributed by atoms with Crippen LogP contribution in [-0.2, 0) is 0 Å². The maximum Gasteiger partial charge on any atom is 0.250 e. The van der Waals surface area contributed by atoms with Gasteiger partial charge in [-0.05, 0) is 61.7 Å². The molecule has 3 aromatic rings. The second-order valence-corrected chi connectivity index (χ2v) is 6.96. The Hall–Kier alpha value is -2.72. The molecule has 0 unspecified atom stereocenters. The zero-order chi connectivity index (χ0) is 19.2. The van der Waals surface area contributed by atoms with Gasteiger partial charge in [-0.2, -0.15) is 20.1 Å². The number of benzene rings is 2. The lowest BCUT2D eigenvalue weighted by atomic mass is 10.2. The van der Waals surface area contributed by atoms with Gasteiger partial charge in [-0.15, -0.1) is 0 Å². The van der Waals surface area contributed by atoms with Gasteiger partial charge in [0.2, 0.25) is 17.8 Å². The summed E-state index contributed by atoms with van der Waals surface area (Å²) in [5.74, 6) is 1.19. The molecule has 0 fully saturated rings. The summed E-state index contributed by atoms with van der Waals surface area (Å²) in [6, 6.07) is 13.1. The Labute approximate surface area is 172 Å². The summed E-state index contributed by atoms with van der Waals surface area (Å²) in [6.07, 6.45) is 1.59. The zero-order valence-corrected chi connectivity index (χ0v) is 17.3. The van der Waals surface area contributed by atoms with Crippen molar-refractivity contribution in [2.75, 3.05) is 23.1 Å². The molecule has 3 rings (SSSR count). The normalized spacial score (nSPS) is 10.8. The molecular weight excluding hydrogens is 478 g/mol. The van der Waals surface area contributed by atoms with Gasteiger partial charge in [-0.1, -0.05) is 18.2 Å². The fraction of sp³-hybridized carbons (Fsp3) is 0.0588. The molecule has 0 saturated carbocycles. The molecule has 138 valence electrons. The molecule has 0 aliphatic rings. The van der Waals surface area contributed by atoms with Gasteiger partial charge in [0.1, 0.15) is 5.75 Å². The van der Waals surface area contributed by atoms with Crippen LogP contribution >= 0.6 is 31.9 Å².